The fourth-order valence-corrected chi connectivity index (χ4v) is 2.10. The number of aryl methyl sites for hydroxylation is 1. The van der Waals surface area contributed by atoms with E-state index < -0.39 is 0 Å². The van der Waals surface area contributed by atoms with Crippen molar-refractivity contribution in [3.8, 4) is 11.1 Å². The van der Waals surface area contributed by atoms with Gasteiger partial charge in [-0.3, -0.25) is 0 Å². The van der Waals surface area contributed by atoms with E-state index in [1.54, 1.807) is 6.08 Å². The first-order valence-corrected chi connectivity index (χ1v) is 7.71. The van der Waals surface area contributed by atoms with Crippen molar-refractivity contribution in [1.82, 2.24) is 0 Å². The van der Waals surface area contributed by atoms with Crippen LogP contribution in [-0.4, -0.2) is 12.6 Å². The standard InChI is InChI=1S/C20H22O2/c1-3-4-14-22-20(21)13-10-17-6-5-7-19(15-17)18-11-8-16(2)9-12-18/h5-13,15H,3-4,14H2,1-2H3/b13-10+. The summed E-state index contributed by atoms with van der Waals surface area (Å²) < 4.78 is 5.11. The van der Waals surface area contributed by atoms with Crippen molar-refractivity contribution in [3.05, 3.63) is 65.7 Å². The average molecular weight is 294 g/mol. The van der Waals surface area contributed by atoms with Gasteiger partial charge in [0.05, 0.1) is 6.61 Å². The van der Waals surface area contributed by atoms with Crippen LogP contribution in [0.15, 0.2) is 54.6 Å². The number of hydrogen-bond acceptors (Lipinski definition) is 2. The highest BCUT2D eigenvalue weighted by Crippen LogP contribution is 2.21. The van der Waals surface area contributed by atoms with Crippen LogP contribution in [0.2, 0.25) is 0 Å². The van der Waals surface area contributed by atoms with Crippen LogP contribution in [0.25, 0.3) is 17.2 Å². The van der Waals surface area contributed by atoms with Gasteiger partial charge in [-0.25, -0.2) is 4.79 Å². The lowest BCUT2D eigenvalue weighted by atomic mass is 10.0. The zero-order valence-electron chi connectivity index (χ0n) is 13.2. The van der Waals surface area contributed by atoms with E-state index in [1.165, 1.54) is 17.2 Å². The van der Waals surface area contributed by atoms with Gasteiger partial charge in [-0.15, -0.1) is 0 Å². The molecule has 0 aliphatic heterocycles. The largest absolute Gasteiger partial charge is 0.463 e. The third-order valence-electron chi connectivity index (χ3n) is 3.43. The minimum absolute atomic E-state index is 0.283. The summed E-state index contributed by atoms with van der Waals surface area (Å²) in [5.74, 6) is -0.283. The molecule has 0 aliphatic carbocycles. The Bertz CT molecular complexity index is 639. The lowest BCUT2D eigenvalue weighted by Gasteiger charge is -2.04. The predicted molar refractivity (Wildman–Crippen MR) is 91.5 cm³/mol. The molecule has 0 saturated heterocycles. The SMILES string of the molecule is CCCCOC(=O)/C=C/c1cccc(-c2ccc(C)cc2)c1. The molecule has 0 amide bonds. The van der Waals surface area contributed by atoms with Crippen LogP contribution in [0.3, 0.4) is 0 Å². The van der Waals surface area contributed by atoms with E-state index in [2.05, 4.69) is 50.2 Å². The van der Waals surface area contributed by atoms with Crippen molar-refractivity contribution >= 4 is 12.0 Å². The minimum Gasteiger partial charge on any atom is -0.463 e. The highest BCUT2D eigenvalue weighted by Gasteiger charge is 1.99. The van der Waals surface area contributed by atoms with Gasteiger partial charge < -0.3 is 4.74 Å². The van der Waals surface area contributed by atoms with Crippen LogP contribution >= 0.6 is 0 Å². The summed E-state index contributed by atoms with van der Waals surface area (Å²) in [4.78, 5) is 11.6. The molecule has 0 bridgehead atoms. The first kappa shape index (κ1) is 16.0. The number of carbonyl (C=O) groups is 1. The number of esters is 1. The molecule has 0 unspecified atom stereocenters. The van der Waals surface area contributed by atoms with Crippen molar-refractivity contribution in [3.63, 3.8) is 0 Å². The van der Waals surface area contributed by atoms with Crippen molar-refractivity contribution in [1.29, 1.82) is 0 Å². The molecule has 22 heavy (non-hydrogen) atoms. The molecule has 0 saturated carbocycles. The first-order chi connectivity index (χ1) is 10.7. The van der Waals surface area contributed by atoms with Gasteiger partial charge in [0, 0.05) is 6.08 Å². The minimum atomic E-state index is -0.283. The fourth-order valence-electron chi connectivity index (χ4n) is 2.10. The Hall–Kier alpha value is -2.35. The molecular formula is C20H22O2. The smallest absolute Gasteiger partial charge is 0.330 e. The Morgan fingerprint density at radius 2 is 1.86 bits per heavy atom. The summed E-state index contributed by atoms with van der Waals surface area (Å²) in [6, 6.07) is 16.5. The Kier molecular flexibility index (Phi) is 5.96. The molecule has 2 heteroatoms. The van der Waals surface area contributed by atoms with E-state index in [0.717, 1.165) is 24.0 Å². The van der Waals surface area contributed by atoms with E-state index in [1.807, 2.05) is 12.1 Å². The maximum Gasteiger partial charge on any atom is 0.330 e. The molecule has 0 N–H and O–H groups in total. The average Bonchev–Trinajstić information content (AvgIpc) is 2.54. The second kappa shape index (κ2) is 8.18. The zero-order chi connectivity index (χ0) is 15.8. The lowest BCUT2D eigenvalue weighted by molar-refractivity contribution is -0.137. The number of ether oxygens (including phenoxy) is 1. The summed E-state index contributed by atoms with van der Waals surface area (Å²) in [6.45, 7) is 4.64. The highest BCUT2D eigenvalue weighted by molar-refractivity contribution is 5.87. The quantitative estimate of drug-likeness (QED) is 0.425. The van der Waals surface area contributed by atoms with Crippen molar-refractivity contribution in [2.24, 2.45) is 0 Å². The predicted octanol–water partition coefficient (Wildman–Crippen LogP) is 5.02. The first-order valence-electron chi connectivity index (χ1n) is 7.71. The molecular weight excluding hydrogens is 272 g/mol. The summed E-state index contributed by atoms with van der Waals surface area (Å²) in [5, 5.41) is 0. The number of unbranched alkanes of at least 4 members (excludes halogenated alkanes) is 1. The summed E-state index contributed by atoms with van der Waals surface area (Å²) in [6.07, 6.45) is 5.22. The van der Waals surface area contributed by atoms with E-state index in [4.69, 9.17) is 4.74 Å². The van der Waals surface area contributed by atoms with Crippen LogP contribution in [0.5, 0.6) is 0 Å². The Balaban J connectivity index is 2.05. The highest BCUT2D eigenvalue weighted by atomic mass is 16.5. The van der Waals surface area contributed by atoms with Gasteiger partial charge in [-0.1, -0.05) is 61.4 Å². The van der Waals surface area contributed by atoms with Crippen molar-refractivity contribution < 1.29 is 9.53 Å². The second-order valence-corrected chi connectivity index (χ2v) is 5.35. The van der Waals surface area contributed by atoms with Gasteiger partial charge in [0.1, 0.15) is 0 Å². The maximum atomic E-state index is 11.6. The summed E-state index contributed by atoms with van der Waals surface area (Å²) in [7, 11) is 0. The fraction of sp³-hybridized carbons (Fsp3) is 0.250. The third-order valence-corrected chi connectivity index (χ3v) is 3.43. The van der Waals surface area contributed by atoms with Crippen LogP contribution in [0.1, 0.15) is 30.9 Å². The molecule has 0 fully saturated rings. The number of benzene rings is 2. The van der Waals surface area contributed by atoms with Gasteiger partial charge >= 0.3 is 5.97 Å². The van der Waals surface area contributed by atoms with Gasteiger partial charge in [0.15, 0.2) is 0 Å². The van der Waals surface area contributed by atoms with E-state index in [-0.39, 0.29) is 5.97 Å². The normalized spacial score (nSPS) is 10.8. The molecule has 2 nitrogen and oxygen atoms in total. The molecule has 0 heterocycles. The Labute approximate surface area is 132 Å². The topological polar surface area (TPSA) is 26.3 Å². The summed E-state index contributed by atoms with van der Waals surface area (Å²) in [5.41, 5.74) is 4.55. The second-order valence-electron chi connectivity index (χ2n) is 5.35. The van der Waals surface area contributed by atoms with Gasteiger partial charge in [0.2, 0.25) is 0 Å². The molecule has 0 aromatic heterocycles. The van der Waals surface area contributed by atoms with Crippen LogP contribution in [0, 0.1) is 6.92 Å². The van der Waals surface area contributed by atoms with E-state index in [0.29, 0.717) is 6.61 Å². The van der Waals surface area contributed by atoms with E-state index in [9.17, 15) is 4.79 Å². The molecule has 114 valence electrons. The monoisotopic (exact) mass is 294 g/mol. The van der Waals surface area contributed by atoms with Crippen LogP contribution in [-0.2, 0) is 9.53 Å². The molecule has 2 aromatic carbocycles. The Morgan fingerprint density at radius 1 is 1.09 bits per heavy atom. The van der Waals surface area contributed by atoms with Crippen LogP contribution < -0.4 is 0 Å². The van der Waals surface area contributed by atoms with Crippen molar-refractivity contribution in [2.75, 3.05) is 6.61 Å². The van der Waals surface area contributed by atoms with Crippen molar-refractivity contribution in [2.45, 2.75) is 26.7 Å². The summed E-state index contributed by atoms with van der Waals surface area (Å²) >= 11 is 0. The molecule has 0 spiro atoms. The zero-order valence-corrected chi connectivity index (χ0v) is 13.2. The maximum absolute atomic E-state index is 11.6. The Morgan fingerprint density at radius 3 is 2.59 bits per heavy atom. The van der Waals surface area contributed by atoms with Crippen LogP contribution in [0.4, 0.5) is 0 Å². The van der Waals surface area contributed by atoms with E-state index >= 15 is 0 Å². The van der Waals surface area contributed by atoms with Gasteiger partial charge in [-0.05, 0) is 42.2 Å². The molecule has 0 atom stereocenters. The lowest BCUT2D eigenvalue weighted by Crippen LogP contribution is -2.01. The number of carbonyl (C=O) groups excluding carboxylic acids is 1. The molecule has 0 radical (unpaired) electrons. The molecule has 2 aromatic rings. The number of rotatable bonds is 6. The van der Waals surface area contributed by atoms with Gasteiger partial charge in [0.25, 0.3) is 0 Å². The molecule has 0 aliphatic rings. The third kappa shape index (κ3) is 4.88. The van der Waals surface area contributed by atoms with Gasteiger partial charge in [-0.2, -0.15) is 0 Å². The molecule has 2 rings (SSSR count). The number of hydrogen-bond donors (Lipinski definition) is 0.